The summed E-state index contributed by atoms with van der Waals surface area (Å²) in [5, 5.41) is 3.79. The minimum Gasteiger partial charge on any atom is -0.342 e. The Balaban J connectivity index is 2.39. The van der Waals surface area contributed by atoms with Gasteiger partial charge in [0, 0.05) is 19.4 Å². The van der Waals surface area contributed by atoms with Crippen LogP contribution in [-0.2, 0) is 7.05 Å². The number of hydrogen-bond donors (Lipinski definition) is 1. The van der Waals surface area contributed by atoms with Crippen molar-refractivity contribution in [3.8, 4) is 0 Å². The summed E-state index contributed by atoms with van der Waals surface area (Å²) in [7, 11) is 1.66. The van der Waals surface area contributed by atoms with E-state index in [1.165, 1.54) is 17.2 Å². The summed E-state index contributed by atoms with van der Waals surface area (Å²) < 4.78 is 1.41. The molecule has 6 heteroatoms. The molecule has 2 heterocycles. The monoisotopic (exact) mass is 177 g/mol. The summed E-state index contributed by atoms with van der Waals surface area (Å²) in [6.07, 6.45) is 4.43. The van der Waals surface area contributed by atoms with E-state index in [4.69, 9.17) is 0 Å². The molecule has 0 bridgehead atoms. The summed E-state index contributed by atoms with van der Waals surface area (Å²) >= 11 is 0. The van der Waals surface area contributed by atoms with Gasteiger partial charge in [-0.2, -0.15) is 5.10 Å². The van der Waals surface area contributed by atoms with Crippen LogP contribution in [0.25, 0.3) is 0 Å². The Morgan fingerprint density at radius 3 is 2.92 bits per heavy atom. The van der Waals surface area contributed by atoms with E-state index in [1.54, 1.807) is 13.2 Å². The predicted molar refractivity (Wildman–Crippen MR) is 43.0 cm³/mol. The fourth-order valence-electron chi connectivity index (χ4n) is 0.997. The van der Waals surface area contributed by atoms with E-state index in [9.17, 15) is 4.79 Å². The number of hydrogen-bond acceptors (Lipinski definition) is 4. The Morgan fingerprint density at radius 2 is 2.38 bits per heavy atom. The van der Waals surface area contributed by atoms with Gasteiger partial charge in [0.1, 0.15) is 6.33 Å². The number of imidazole rings is 1. The summed E-state index contributed by atoms with van der Waals surface area (Å²) in [5.41, 5.74) is 0. The molecule has 0 amide bonds. The molecule has 2 rings (SSSR count). The normalized spacial score (nSPS) is 10.2. The maximum Gasteiger partial charge on any atom is 0.265 e. The van der Waals surface area contributed by atoms with Gasteiger partial charge in [-0.25, -0.2) is 14.6 Å². The summed E-state index contributed by atoms with van der Waals surface area (Å²) in [4.78, 5) is 21.9. The number of aromatic nitrogens is 5. The van der Waals surface area contributed by atoms with Crippen molar-refractivity contribution in [2.24, 2.45) is 7.05 Å². The zero-order chi connectivity index (χ0) is 9.26. The van der Waals surface area contributed by atoms with Crippen LogP contribution >= 0.6 is 0 Å². The average Bonchev–Trinajstić information content (AvgIpc) is 2.72. The number of nitrogens with one attached hydrogen (secondary N) is 1. The van der Waals surface area contributed by atoms with Crippen molar-refractivity contribution < 1.29 is 4.79 Å². The van der Waals surface area contributed by atoms with Crippen molar-refractivity contribution in [1.82, 2.24) is 24.7 Å². The lowest BCUT2D eigenvalue weighted by Gasteiger charge is -1.94. The number of carbonyl (C=O) groups excluding carboxylic acids is 1. The lowest BCUT2D eigenvalue weighted by atomic mass is 10.3. The number of aromatic amines is 1. The highest BCUT2D eigenvalue weighted by molar-refractivity contribution is 6.03. The second-order valence-corrected chi connectivity index (χ2v) is 2.47. The molecule has 66 valence electrons. The van der Waals surface area contributed by atoms with Gasteiger partial charge in [0.05, 0.1) is 0 Å². The Morgan fingerprint density at radius 1 is 1.54 bits per heavy atom. The largest absolute Gasteiger partial charge is 0.342 e. The van der Waals surface area contributed by atoms with Crippen molar-refractivity contribution in [2.75, 3.05) is 0 Å². The first-order valence-electron chi connectivity index (χ1n) is 3.67. The molecule has 0 atom stereocenters. The van der Waals surface area contributed by atoms with Gasteiger partial charge in [0.15, 0.2) is 5.82 Å². The molecule has 0 fully saturated rings. The van der Waals surface area contributed by atoms with Crippen LogP contribution in [0.3, 0.4) is 0 Å². The van der Waals surface area contributed by atoms with E-state index in [1.807, 2.05) is 0 Å². The number of aryl methyl sites for hydroxylation is 1. The van der Waals surface area contributed by atoms with Gasteiger partial charge < -0.3 is 4.98 Å². The molecule has 2 aromatic heterocycles. The Hall–Kier alpha value is -1.98. The highest BCUT2D eigenvalue weighted by Crippen LogP contribution is 1.99. The highest BCUT2D eigenvalue weighted by atomic mass is 16.1. The van der Waals surface area contributed by atoms with Crippen molar-refractivity contribution in [3.05, 3.63) is 30.4 Å². The molecular weight excluding hydrogens is 170 g/mol. The topological polar surface area (TPSA) is 76.5 Å². The fourth-order valence-corrected chi connectivity index (χ4v) is 0.997. The molecule has 2 aromatic rings. The van der Waals surface area contributed by atoms with Crippen molar-refractivity contribution in [2.45, 2.75) is 0 Å². The lowest BCUT2D eigenvalue weighted by molar-refractivity contribution is 0.101. The number of H-pyrrole nitrogens is 1. The summed E-state index contributed by atoms with van der Waals surface area (Å²) in [6, 6.07) is 0. The van der Waals surface area contributed by atoms with Gasteiger partial charge in [-0.1, -0.05) is 0 Å². The van der Waals surface area contributed by atoms with Gasteiger partial charge >= 0.3 is 0 Å². The molecule has 0 radical (unpaired) electrons. The standard InChI is InChI=1S/C7H7N5O/c1-12-7(10-4-11-12)5(13)6-8-2-3-9-6/h2-4H,1H3,(H,8,9). The van der Waals surface area contributed by atoms with Gasteiger partial charge in [-0.05, 0) is 0 Å². The molecule has 0 aliphatic heterocycles. The summed E-state index contributed by atoms with van der Waals surface area (Å²) in [6.45, 7) is 0. The number of ketones is 1. The predicted octanol–water partition coefficient (Wildman–Crippen LogP) is -0.231. The molecule has 0 aliphatic rings. The SMILES string of the molecule is Cn1ncnc1C(=O)c1ncc[nH]1. The minimum atomic E-state index is -0.259. The van der Waals surface area contributed by atoms with Crippen LogP contribution in [0.15, 0.2) is 18.7 Å². The lowest BCUT2D eigenvalue weighted by Crippen LogP contribution is -2.11. The maximum atomic E-state index is 11.6. The van der Waals surface area contributed by atoms with Crippen molar-refractivity contribution in [3.63, 3.8) is 0 Å². The molecule has 0 saturated carbocycles. The number of nitrogens with zero attached hydrogens (tertiary/aromatic N) is 4. The third-order valence-electron chi connectivity index (χ3n) is 1.63. The average molecular weight is 177 g/mol. The number of rotatable bonds is 2. The van der Waals surface area contributed by atoms with E-state index in [2.05, 4.69) is 20.1 Å². The van der Waals surface area contributed by atoms with Crippen LogP contribution in [0, 0.1) is 0 Å². The molecule has 0 spiro atoms. The van der Waals surface area contributed by atoms with Crippen LogP contribution in [-0.4, -0.2) is 30.5 Å². The van der Waals surface area contributed by atoms with Crippen molar-refractivity contribution in [1.29, 1.82) is 0 Å². The van der Waals surface area contributed by atoms with Gasteiger partial charge in [0.2, 0.25) is 5.82 Å². The van der Waals surface area contributed by atoms with E-state index in [0.29, 0.717) is 0 Å². The fraction of sp³-hybridized carbons (Fsp3) is 0.143. The Bertz CT molecular complexity index is 416. The third-order valence-corrected chi connectivity index (χ3v) is 1.63. The first-order valence-corrected chi connectivity index (χ1v) is 3.67. The molecule has 6 nitrogen and oxygen atoms in total. The van der Waals surface area contributed by atoms with Crippen LogP contribution in [0.4, 0.5) is 0 Å². The Labute approximate surface area is 73.6 Å². The summed E-state index contributed by atoms with van der Waals surface area (Å²) in [5.74, 6) is 0.288. The number of carbonyl (C=O) groups is 1. The van der Waals surface area contributed by atoms with Gasteiger partial charge in [-0.15, -0.1) is 0 Å². The van der Waals surface area contributed by atoms with Crippen molar-refractivity contribution >= 4 is 5.78 Å². The van der Waals surface area contributed by atoms with Crippen LogP contribution in [0.1, 0.15) is 16.4 Å². The smallest absolute Gasteiger partial charge is 0.265 e. The first kappa shape index (κ1) is 7.66. The van der Waals surface area contributed by atoms with Crippen LogP contribution in [0.5, 0.6) is 0 Å². The molecule has 0 unspecified atom stereocenters. The Kier molecular flexibility index (Phi) is 1.66. The zero-order valence-electron chi connectivity index (χ0n) is 6.93. The van der Waals surface area contributed by atoms with Gasteiger partial charge in [0.25, 0.3) is 5.78 Å². The molecule has 13 heavy (non-hydrogen) atoms. The first-order chi connectivity index (χ1) is 6.29. The third kappa shape index (κ3) is 1.22. The van der Waals surface area contributed by atoms with Gasteiger partial charge in [-0.3, -0.25) is 4.79 Å². The second-order valence-electron chi connectivity index (χ2n) is 2.47. The van der Waals surface area contributed by atoms with E-state index in [0.717, 1.165) is 0 Å². The maximum absolute atomic E-state index is 11.6. The molecular formula is C7H7N5O. The van der Waals surface area contributed by atoms with Crippen LogP contribution in [0.2, 0.25) is 0 Å². The van der Waals surface area contributed by atoms with E-state index < -0.39 is 0 Å². The molecule has 0 saturated heterocycles. The highest BCUT2D eigenvalue weighted by Gasteiger charge is 2.15. The van der Waals surface area contributed by atoms with Crippen LogP contribution < -0.4 is 0 Å². The van der Waals surface area contributed by atoms with E-state index >= 15 is 0 Å². The minimum absolute atomic E-state index is 0.259. The quantitative estimate of drug-likeness (QED) is 0.643. The van der Waals surface area contributed by atoms with E-state index in [-0.39, 0.29) is 17.4 Å². The second kappa shape index (κ2) is 2.81. The molecule has 1 N–H and O–H groups in total. The zero-order valence-corrected chi connectivity index (χ0v) is 6.93. The molecule has 0 aliphatic carbocycles. The molecule has 0 aromatic carbocycles.